The van der Waals surface area contributed by atoms with Gasteiger partial charge in [0.15, 0.2) is 0 Å². The van der Waals surface area contributed by atoms with Crippen LogP contribution in [0.2, 0.25) is 0 Å². The van der Waals surface area contributed by atoms with E-state index >= 15 is 0 Å². The number of carboxylic acid groups (broad SMARTS) is 1. The van der Waals surface area contributed by atoms with Crippen LogP contribution in [0, 0.1) is 6.92 Å². The van der Waals surface area contributed by atoms with E-state index in [-0.39, 0.29) is 11.3 Å². The maximum Gasteiger partial charge on any atom is 0.337 e. The maximum absolute atomic E-state index is 13.6. The summed E-state index contributed by atoms with van der Waals surface area (Å²) >= 11 is 0. The zero-order valence-electron chi connectivity index (χ0n) is 20.4. The number of rotatable bonds is 8. The first-order chi connectivity index (χ1) is 18.0. The second-order valence-electron chi connectivity index (χ2n) is 8.74. The SMILES string of the molecule is CCCc1cn(-c2c(C)cccc2C(=O)O)c(=O)n1Cc1ccc(-c2cnccc2-c2nn[nH]n2)cc1. The Kier molecular flexibility index (Phi) is 6.46. The van der Waals surface area contributed by atoms with Gasteiger partial charge in [-0.05, 0) is 47.4 Å². The van der Waals surface area contributed by atoms with Gasteiger partial charge in [-0.15, -0.1) is 10.2 Å². The number of imidazole rings is 1. The molecule has 0 saturated heterocycles. The van der Waals surface area contributed by atoms with E-state index in [1.165, 1.54) is 10.6 Å². The quantitative estimate of drug-likeness (QED) is 0.334. The summed E-state index contributed by atoms with van der Waals surface area (Å²) in [6.45, 7) is 4.22. The number of hydrogen-bond acceptors (Lipinski definition) is 6. The van der Waals surface area contributed by atoms with Gasteiger partial charge in [-0.2, -0.15) is 5.21 Å². The number of aromatic nitrogens is 7. The van der Waals surface area contributed by atoms with Gasteiger partial charge in [0, 0.05) is 35.4 Å². The summed E-state index contributed by atoms with van der Waals surface area (Å²) in [6, 6.07) is 14.7. The molecule has 10 nitrogen and oxygen atoms in total. The lowest BCUT2D eigenvalue weighted by molar-refractivity contribution is 0.0696. The topological polar surface area (TPSA) is 132 Å². The van der Waals surface area contributed by atoms with Crippen LogP contribution in [0.1, 0.15) is 40.5 Å². The molecule has 0 atom stereocenters. The molecule has 0 saturated carbocycles. The maximum atomic E-state index is 13.6. The van der Waals surface area contributed by atoms with E-state index in [0.29, 0.717) is 24.5 Å². The summed E-state index contributed by atoms with van der Waals surface area (Å²) in [5.41, 5.74) is 5.35. The van der Waals surface area contributed by atoms with Gasteiger partial charge in [0.1, 0.15) is 0 Å². The molecule has 2 aromatic carbocycles. The van der Waals surface area contributed by atoms with Crippen molar-refractivity contribution < 1.29 is 9.90 Å². The first-order valence-corrected chi connectivity index (χ1v) is 11.9. The predicted molar refractivity (Wildman–Crippen MR) is 138 cm³/mol. The highest BCUT2D eigenvalue weighted by molar-refractivity contribution is 5.92. The summed E-state index contributed by atoms with van der Waals surface area (Å²) in [7, 11) is 0. The van der Waals surface area contributed by atoms with Gasteiger partial charge in [-0.1, -0.05) is 49.7 Å². The number of tetrazole rings is 1. The molecule has 0 bridgehead atoms. The fourth-order valence-electron chi connectivity index (χ4n) is 4.53. The fraction of sp³-hybridized carbons (Fsp3) is 0.185. The Morgan fingerprint density at radius 1 is 1.08 bits per heavy atom. The van der Waals surface area contributed by atoms with E-state index in [1.54, 1.807) is 29.2 Å². The third kappa shape index (κ3) is 4.56. The Labute approximate surface area is 212 Å². The number of carboxylic acids is 1. The predicted octanol–water partition coefficient (Wildman–Crippen LogP) is 3.89. The Bertz CT molecular complexity index is 1620. The van der Waals surface area contributed by atoms with Crippen molar-refractivity contribution >= 4 is 5.97 Å². The molecule has 2 N–H and O–H groups in total. The molecule has 0 spiro atoms. The molecule has 0 unspecified atom stereocenters. The van der Waals surface area contributed by atoms with Crippen molar-refractivity contribution in [1.82, 2.24) is 34.7 Å². The molecule has 0 aliphatic heterocycles. The first-order valence-electron chi connectivity index (χ1n) is 11.9. The molecule has 0 fully saturated rings. The van der Waals surface area contributed by atoms with E-state index in [4.69, 9.17) is 0 Å². The van der Waals surface area contributed by atoms with Gasteiger partial charge >= 0.3 is 11.7 Å². The van der Waals surface area contributed by atoms with Crippen LogP contribution >= 0.6 is 0 Å². The Balaban J connectivity index is 1.51. The highest BCUT2D eigenvalue weighted by Crippen LogP contribution is 2.29. The average Bonchev–Trinajstić information content (AvgIpc) is 3.54. The number of hydrogen-bond donors (Lipinski definition) is 2. The van der Waals surface area contributed by atoms with Crippen molar-refractivity contribution in [3.8, 4) is 28.2 Å². The molecule has 0 radical (unpaired) electrons. The highest BCUT2D eigenvalue weighted by Gasteiger charge is 2.19. The van der Waals surface area contributed by atoms with Gasteiger partial charge in [0.25, 0.3) is 0 Å². The van der Waals surface area contributed by atoms with Gasteiger partial charge < -0.3 is 5.11 Å². The van der Waals surface area contributed by atoms with Crippen molar-refractivity contribution in [2.75, 3.05) is 0 Å². The zero-order valence-corrected chi connectivity index (χ0v) is 20.4. The minimum absolute atomic E-state index is 0.0977. The molecular weight excluding hydrogens is 470 g/mol. The number of pyridine rings is 1. The highest BCUT2D eigenvalue weighted by atomic mass is 16.4. The van der Waals surface area contributed by atoms with Crippen LogP contribution in [0.25, 0.3) is 28.2 Å². The third-order valence-corrected chi connectivity index (χ3v) is 6.29. The molecule has 37 heavy (non-hydrogen) atoms. The third-order valence-electron chi connectivity index (χ3n) is 6.29. The zero-order chi connectivity index (χ0) is 25.9. The second kappa shape index (κ2) is 10.0. The fourth-order valence-corrected chi connectivity index (χ4v) is 4.53. The molecular formula is C27H25N7O3. The lowest BCUT2D eigenvalue weighted by atomic mass is 10.0. The largest absolute Gasteiger partial charge is 0.478 e. The number of carbonyl (C=O) groups is 1. The molecule has 186 valence electrons. The number of nitrogens with one attached hydrogen (secondary N) is 1. The van der Waals surface area contributed by atoms with E-state index in [9.17, 15) is 14.7 Å². The number of aromatic carboxylic acids is 1. The van der Waals surface area contributed by atoms with Crippen molar-refractivity contribution in [3.63, 3.8) is 0 Å². The van der Waals surface area contributed by atoms with E-state index in [1.807, 2.05) is 50.2 Å². The molecule has 10 heteroatoms. The summed E-state index contributed by atoms with van der Waals surface area (Å²) in [5, 5.41) is 24.0. The molecule has 5 rings (SSSR count). The lowest BCUT2D eigenvalue weighted by Gasteiger charge is -2.10. The number of aryl methyl sites for hydroxylation is 2. The summed E-state index contributed by atoms with van der Waals surface area (Å²) < 4.78 is 3.18. The summed E-state index contributed by atoms with van der Waals surface area (Å²) in [5.74, 6) is -0.586. The Morgan fingerprint density at radius 3 is 2.59 bits per heavy atom. The number of H-pyrrole nitrogens is 1. The monoisotopic (exact) mass is 495 g/mol. The van der Waals surface area contributed by atoms with Crippen LogP contribution in [0.5, 0.6) is 0 Å². The van der Waals surface area contributed by atoms with Crippen molar-refractivity contribution in [3.05, 3.63) is 100.0 Å². The van der Waals surface area contributed by atoms with Crippen molar-refractivity contribution in [2.45, 2.75) is 33.2 Å². The number of nitrogens with zero attached hydrogens (tertiary/aromatic N) is 6. The number of para-hydroxylation sites is 1. The number of aromatic amines is 1. The normalized spacial score (nSPS) is 11.1. The van der Waals surface area contributed by atoms with Crippen LogP contribution in [0.4, 0.5) is 0 Å². The molecule has 3 heterocycles. The minimum Gasteiger partial charge on any atom is -0.478 e. The average molecular weight is 496 g/mol. The van der Waals surface area contributed by atoms with Gasteiger partial charge in [-0.25, -0.2) is 9.59 Å². The molecule has 0 amide bonds. The molecule has 3 aromatic heterocycles. The smallest absolute Gasteiger partial charge is 0.337 e. The van der Waals surface area contributed by atoms with Crippen LogP contribution in [-0.4, -0.2) is 45.8 Å². The Hall–Kier alpha value is -4.86. The van der Waals surface area contributed by atoms with Gasteiger partial charge in [-0.3, -0.25) is 14.1 Å². The second-order valence-corrected chi connectivity index (χ2v) is 8.74. The Morgan fingerprint density at radius 2 is 1.89 bits per heavy atom. The van der Waals surface area contributed by atoms with Crippen molar-refractivity contribution in [1.29, 1.82) is 0 Å². The van der Waals surface area contributed by atoms with Crippen LogP contribution in [0.15, 0.2) is 71.9 Å². The standard InChI is InChI=1S/C27H25N7O3/c1-3-5-20-16-34(24-17(2)6-4-7-22(24)26(35)36)27(37)33(20)15-18-8-10-19(11-9-18)23-14-28-13-12-21(23)25-29-31-32-30-25/h4,6-14,16H,3,5,15H2,1-2H3,(H,35,36)(H,29,30,31,32). The lowest BCUT2D eigenvalue weighted by Crippen LogP contribution is -2.26. The molecule has 5 aromatic rings. The molecule has 0 aliphatic carbocycles. The molecule has 0 aliphatic rings. The van der Waals surface area contributed by atoms with Crippen molar-refractivity contribution in [2.24, 2.45) is 0 Å². The first kappa shape index (κ1) is 23.9. The van der Waals surface area contributed by atoms with Gasteiger partial charge in [0.2, 0.25) is 5.82 Å². The summed E-state index contributed by atoms with van der Waals surface area (Å²) in [4.78, 5) is 29.7. The van der Waals surface area contributed by atoms with E-state index in [0.717, 1.165) is 39.9 Å². The minimum atomic E-state index is -1.07. The van der Waals surface area contributed by atoms with Crippen LogP contribution < -0.4 is 5.69 Å². The summed E-state index contributed by atoms with van der Waals surface area (Å²) in [6.07, 6.45) is 6.75. The van der Waals surface area contributed by atoms with E-state index in [2.05, 4.69) is 25.6 Å². The number of benzene rings is 2. The van der Waals surface area contributed by atoms with Crippen LogP contribution in [0.3, 0.4) is 0 Å². The van der Waals surface area contributed by atoms with Gasteiger partial charge in [0.05, 0.1) is 17.8 Å². The van der Waals surface area contributed by atoms with E-state index < -0.39 is 5.97 Å². The van der Waals surface area contributed by atoms with Crippen LogP contribution in [-0.2, 0) is 13.0 Å².